The smallest absolute Gasteiger partial charge is 0.311 e. The first-order chi connectivity index (χ1) is 14.2. The standard InChI is InChI=1S/C22H28N4O2S/c1-2-13-26(14-11-19-6-4-15-29-19)18-8-9-20-17(16-18)5-3-7-21(20)28-22(27)10-12-24-25-23/h3-7,15,18H,2,8-14,16H2,1H3/t18-/m0/s1. The summed E-state index contributed by atoms with van der Waals surface area (Å²) in [5.74, 6) is 0.309. The quantitative estimate of drug-likeness (QED) is 0.178. The average Bonchev–Trinajstić information content (AvgIpc) is 3.25. The Hall–Kier alpha value is -2.34. The molecule has 3 rings (SSSR count). The van der Waals surface area contributed by atoms with Gasteiger partial charge < -0.3 is 4.74 Å². The lowest BCUT2D eigenvalue weighted by Crippen LogP contribution is -2.41. The molecule has 0 N–H and O–H groups in total. The zero-order valence-corrected chi connectivity index (χ0v) is 17.7. The average molecular weight is 413 g/mol. The molecule has 7 heteroatoms. The summed E-state index contributed by atoms with van der Waals surface area (Å²) < 4.78 is 5.56. The Morgan fingerprint density at radius 2 is 2.24 bits per heavy atom. The van der Waals surface area contributed by atoms with E-state index in [9.17, 15) is 4.79 Å². The molecule has 0 amide bonds. The van der Waals surface area contributed by atoms with Crippen molar-refractivity contribution >= 4 is 17.3 Å². The van der Waals surface area contributed by atoms with Crippen molar-refractivity contribution < 1.29 is 9.53 Å². The molecule has 0 radical (unpaired) electrons. The molecular weight excluding hydrogens is 384 g/mol. The molecule has 0 spiro atoms. The zero-order valence-electron chi connectivity index (χ0n) is 16.9. The lowest BCUT2D eigenvalue weighted by molar-refractivity contribution is -0.134. The van der Waals surface area contributed by atoms with Gasteiger partial charge in [-0.05, 0) is 72.8 Å². The van der Waals surface area contributed by atoms with Crippen LogP contribution in [0, 0.1) is 0 Å². The van der Waals surface area contributed by atoms with E-state index in [0.717, 1.165) is 50.8 Å². The third-order valence-corrected chi connectivity index (χ3v) is 6.31. The first-order valence-corrected chi connectivity index (χ1v) is 11.2. The van der Waals surface area contributed by atoms with Gasteiger partial charge in [0.15, 0.2) is 0 Å². The summed E-state index contributed by atoms with van der Waals surface area (Å²) in [5.41, 5.74) is 10.8. The van der Waals surface area contributed by atoms with Gasteiger partial charge in [-0.3, -0.25) is 9.69 Å². The molecule has 29 heavy (non-hydrogen) atoms. The molecule has 2 aromatic rings. The molecule has 1 aliphatic rings. The van der Waals surface area contributed by atoms with Crippen molar-refractivity contribution in [3.63, 3.8) is 0 Å². The molecule has 1 atom stereocenters. The van der Waals surface area contributed by atoms with Gasteiger partial charge in [0.05, 0.1) is 6.42 Å². The highest BCUT2D eigenvalue weighted by Crippen LogP contribution is 2.32. The molecule has 0 saturated heterocycles. The number of hydrogen-bond donors (Lipinski definition) is 0. The van der Waals surface area contributed by atoms with E-state index in [0.29, 0.717) is 11.8 Å². The van der Waals surface area contributed by atoms with Crippen molar-refractivity contribution in [3.05, 3.63) is 62.2 Å². The number of azide groups is 1. The first-order valence-electron chi connectivity index (χ1n) is 10.3. The van der Waals surface area contributed by atoms with Crippen molar-refractivity contribution in [1.82, 2.24) is 4.90 Å². The minimum absolute atomic E-state index is 0.101. The van der Waals surface area contributed by atoms with Gasteiger partial charge in [-0.1, -0.05) is 30.2 Å². The number of fused-ring (bicyclic) bond motifs is 1. The fraction of sp³-hybridized carbons (Fsp3) is 0.500. The van der Waals surface area contributed by atoms with Crippen molar-refractivity contribution in [2.45, 2.75) is 51.5 Å². The zero-order chi connectivity index (χ0) is 20.5. The van der Waals surface area contributed by atoms with Crippen LogP contribution in [0.3, 0.4) is 0 Å². The SMILES string of the molecule is CCCN(CCc1cccs1)[C@H]1CCc2c(cccc2OC(=O)CCN=[N+]=[N-])C1. The minimum atomic E-state index is -0.350. The maximum Gasteiger partial charge on any atom is 0.311 e. The second-order valence-corrected chi connectivity index (χ2v) is 8.37. The summed E-state index contributed by atoms with van der Waals surface area (Å²) in [4.78, 5) is 18.8. The summed E-state index contributed by atoms with van der Waals surface area (Å²) in [6.45, 7) is 4.56. The molecule has 0 saturated carbocycles. The van der Waals surface area contributed by atoms with Gasteiger partial charge in [-0.2, -0.15) is 0 Å². The minimum Gasteiger partial charge on any atom is -0.426 e. The van der Waals surface area contributed by atoms with Crippen LogP contribution in [0.15, 0.2) is 40.8 Å². The lowest BCUT2D eigenvalue weighted by atomic mass is 9.86. The van der Waals surface area contributed by atoms with Crippen molar-refractivity contribution in [2.75, 3.05) is 19.6 Å². The number of nitrogens with zero attached hydrogens (tertiary/aromatic N) is 4. The highest BCUT2D eigenvalue weighted by molar-refractivity contribution is 7.09. The van der Waals surface area contributed by atoms with Crippen LogP contribution in [0.25, 0.3) is 10.4 Å². The molecule has 1 aromatic heterocycles. The molecule has 1 aliphatic carbocycles. The Morgan fingerprint density at radius 1 is 1.34 bits per heavy atom. The van der Waals surface area contributed by atoms with Crippen LogP contribution in [-0.4, -0.2) is 36.5 Å². The number of thiophene rings is 1. The van der Waals surface area contributed by atoms with Crippen molar-refractivity contribution in [3.8, 4) is 5.75 Å². The van der Waals surface area contributed by atoms with Gasteiger partial charge in [0, 0.05) is 28.9 Å². The van der Waals surface area contributed by atoms with Gasteiger partial charge in [0.2, 0.25) is 0 Å². The predicted molar refractivity (Wildman–Crippen MR) is 116 cm³/mol. The largest absolute Gasteiger partial charge is 0.426 e. The molecule has 154 valence electrons. The Morgan fingerprint density at radius 3 is 3.00 bits per heavy atom. The number of ether oxygens (including phenoxy) is 1. The number of carbonyl (C=O) groups excluding carboxylic acids is 1. The fourth-order valence-electron chi connectivity index (χ4n) is 3.99. The molecule has 0 bridgehead atoms. The van der Waals surface area contributed by atoms with E-state index in [2.05, 4.69) is 45.4 Å². The van der Waals surface area contributed by atoms with E-state index in [1.807, 2.05) is 23.5 Å². The molecule has 0 aliphatic heterocycles. The third-order valence-electron chi connectivity index (χ3n) is 5.37. The van der Waals surface area contributed by atoms with Crippen LogP contribution in [-0.2, 0) is 24.1 Å². The lowest BCUT2D eigenvalue weighted by Gasteiger charge is -2.35. The molecular formula is C22H28N4O2S. The van der Waals surface area contributed by atoms with Crippen LogP contribution >= 0.6 is 11.3 Å². The van der Waals surface area contributed by atoms with Crippen LogP contribution < -0.4 is 4.74 Å². The van der Waals surface area contributed by atoms with Gasteiger partial charge in [0.1, 0.15) is 5.75 Å². The summed E-state index contributed by atoms with van der Waals surface area (Å²) in [5, 5.41) is 5.54. The Bertz CT molecular complexity index is 847. The normalized spacial score (nSPS) is 15.6. The monoisotopic (exact) mass is 412 g/mol. The predicted octanol–water partition coefficient (Wildman–Crippen LogP) is 5.17. The fourth-order valence-corrected chi connectivity index (χ4v) is 4.69. The van der Waals surface area contributed by atoms with Crippen LogP contribution in [0.5, 0.6) is 5.75 Å². The van der Waals surface area contributed by atoms with E-state index in [1.54, 1.807) is 0 Å². The number of benzene rings is 1. The van der Waals surface area contributed by atoms with Crippen molar-refractivity contribution in [2.24, 2.45) is 5.11 Å². The van der Waals surface area contributed by atoms with E-state index < -0.39 is 0 Å². The summed E-state index contributed by atoms with van der Waals surface area (Å²) in [7, 11) is 0. The maximum absolute atomic E-state index is 12.0. The topological polar surface area (TPSA) is 78.3 Å². The molecule has 0 unspecified atom stereocenters. The Balaban J connectivity index is 1.64. The van der Waals surface area contributed by atoms with Gasteiger partial charge in [-0.15, -0.1) is 11.3 Å². The van der Waals surface area contributed by atoms with Crippen LogP contribution in [0.1, 0.15) is 42.2 Å². The second-order valence-electron chi connectivity index (χ2n) is 7.33. The molecule has 1 heterocycles. The molecule has 0 fully saturated rings. The highest BCUT2D eigenvalue weighted by Gasteiger charge is 2.26. The van der Waals surface area contributed by atoms with Crippen molar-refractivity contribution in [1.29, 1.82) is 0 Å². The second kappa shape index (κ2) is 11.0. The number of carbonyl (C=O) groups is 1. The van der Waals surface area contributed by atoms with E-state index in [-0.39, 0.29) is 18.9 Å². The van der Waals surface area contributed by atoms with Gasteiger partial charge in [0.25, 0.3) is 0 Å². The molecule has 1 aromatic carbocycles. The van der Waals surface area contributed by atoms with E-state index >= 15 is 0 Å². The Kier molecular flexibility index (Phi) is 8.11. The van der Waals surface area contributed by atoms with Crippen LogP contribution in [0.4, 0.5) is 0 Å². The third kappa shape index (κ3) is 6.07. The van der Waals surface area contributed by atoms with E-state index in [4.69, 9.17) is 10.3 Å². The molecule has 6 nitrogen and oxygen atoms in total. The summed E-state index contributed by atoms with van der Waals surface area (Å²) in [6.07, 6.45) is 5.33. The van der Waals surface area contributed by atoms with Gasteiger partial charge in [-0.25, -0.2) is 0 Å². The maximum atomic E-state index is 12.0. The summed E-state index contributed by atoms with van der Waals surface area (Å²) >= 11 is 1.83. The summed E-state index contributed by atoms with van der Waals surface area (Å²) in [6, 6.07) is 10.9. The highest BCUT2D eigenvalue weighted by atomic mass is 32.1. The van der Waals surface area contributed by atoms with E-state index in [1.165, 1.54) is 10.4 Å². The number of esters is 1. The van der Waals surface area contributed by atoms with Crippen LogP contribution in [0.2, 0.25) is 0 Å². The first kappa shape index (κ1) is 21.4. The number of hydrogen-bond acceptors (Lipinski definition) is 5. The number of rotatable bonds is 10. The van der Waals surface area contributed by atoms with Gasteiger partial charge >= 0.3 is 5.97 Å². The Labute approximate surface area is 176 Å².